The first-order chi connectivity index (χ1) is 8.50. The summed E-state index contributed by atoms with van der Waals surface area (Å²) >= 11 is 5.82. The van der Waals surface area contributed by atoms with Crippen LogP contribution in [0.4, 0.5) is 5.69 Å². The second kappa shape index (κ2) is 4.98. The Morgan fingerprint density at radius 2 is 1.89 bits per heavy atom. The molecule has 4 nitrogen and oxygen atoms in total. The largest absolute Gasteiger partial charge is 0.329 e. The van der Waals surface area contributed by atoms with E-state index in [9.17, 15) is 9.59 Å². The van der Waals surface area contributed by atoms with Gasteiger partial charge in [-0.05, 0) is 31.2 Å². The quantitative estimate of drug-likeness (QED) is 0.779. The Morgan fingerprint density at radius 3 is 2.44 bits per heavy atom. The van der Waals surface area contributed by atoms with Crippen LogP contribution in [0.2, 0.25) is 5.02 Å². The summed E-state index contributed by atoms with van der Waals surface area (Å²) in [5.74, 6) is -0.120. The summed E-state index contributed by atoms with van der Waals surface area (Å²) in [5.41, 5.74) is 0.819. The molecule has 96 valence electrons. The van der Waals surface area contributed by atoms with Crippen molar-refractivity contribution in [3.05, 3.63) is 29.3 Å². The van der Waals surface area contributed by atoms with Gasteiger partial charge < -0.3 is 9.80 Å². The first kappa shape index (κ1) is 12.9. The molecule has 1 saturated heterocycles. The van der Waals surface area contributed by atoms with Crippen LogP contribution in [0, 0.1) is 0 Å². The molecule has 1 fully saturated rings. The van der Waals surface area contributed by atoms with E-state index in [0.717, 1.165) is 5.69 Å². The van der Waals surface area contributed by atoms with Gasteiger partial charge in [0.05, 0.1) is 0 Å². The van der Waals surface area contributed by atoms with E-state index in [-0.39, 0.29) is 11.8 Å². The highest BCUT2D eigenvalue weighted by atomic mass is 35.5. The smallest absolute Gasteiger partial charge is 0.249 e. The second-order valence-corrected chi connectivity index (χ2v) is 4.79. The van der Waals surface area contributed by atoms with Crippen molar-refractivity contribution in [1.82, 2.24) is 4.90 Å². The molecular weight excluding hydrogens is 252 g/mol. The van der Waals surface area contributed by atoms with E-state index < -0.39 is 6.04 Å². The van der Waals surface area contributed by atoms with E-state index in [0.29, 0.717) is 18.1 Å². The van der Waals surface area contributed by atoms with E-state index in [1.165, 1.54) is 6.92 Å². The summed E-state index contributed by atoms with van der Waals surface area (Å²) in [5, 5.41) is 0.640. The minimum absolute atomic E-state index is 0.0567. The number of piperazine rings is 1. The molecule has 2 rings (SSSR count). The molecule has 0 N–H and O–H groups in total. The van der Waals surface area contributed by atoms with Gasteiger partial charge in [-0.25, -0.2) is 0 Å². The van der Waals surface area contributed by atoms with Gasteiger partial charge in [0.1, 0.15) is 6.04 Å². The molecule has 1 aromatic carbocycles. The van der Waals surface area contributed by atoms with E-state index in [2.05, 4.69) is 0 Å². The van der Waals surface area contributed by atoms with Crippen molar-refractivity contribution in [1.29, 1.82) is 0 Å². The Morgan fingerprint density at radius 1 is 1.28 bits per heavy atom. The standard InChI is InChI=1S/C13H15ClN2O2/c1-9-13(18)16(8-7-15(9)10(2)17)12-5-3-11(14)4-6-12/h3-6,9H,7-8H2,1-2H3. The summed E-state index contributed by atoms with van der Waals surface area (Å²) in [6.45, 7) is 4.32. The monoisotopic (exact) mass is 266 g/mol. The highest BCUT2D eigenvalue weighted by molar-refractivity contribution is 6.30. The van der Waals surface area contributed by atoms with E-state index in [1.54, 1.807) is 28.9 Å². The van der Waals surface area contributed by atoms with Crippen LogP contribution in [0.3, 0.4) is 0 Å². The lowest BCUT2D eigenvalue weighted by molar-refractivity contribution is -0.139. The summed E-state index contributed by atoms with van der Waals surface area (Å²) in [6, 6.07) is 6.73. The van der Waals surface area contributed by atoms with Gasteiger partial charge in [0, 0.05) is 30.7 Å². The Kier molecular flexibility index (Phi) is 3.57. The Hall–Kier alpha value is -1.55. The predicted molar refractivity (Wildman–Crippen MR) is 70.7 cm³/mol. The molecule has 1 atom stereocenters. The van der Waals surface area contributed by atoms with Crippen molar-refractivity contribution >= 4 is 29.1 Å². The van der Waals surface area contributed by atoms with Crippen molar-refractivity contribution in [2.45, 2.75) is 19.9 Å². The van der Waals surface area contributed by atoms with E-state index in [1.807, 2.05) is 12.1 Å². The molecule has 1 unspecified atom stereocenters. The molecule has 2 amide bonds. The van der Waals surface area contributed by atoms with Crippen LogP contribution in [0.1, 0.15) is 13.8 Å². The third kappa shape index (κ3) is 2.34. The molecule has 0 radical (unpaired) electrons. The molecule has 18 heavy (non-hydrogen) atoms. The molecule has 0 aromatic heterocycles. The number of carbonyl (C=O) groups excluding carboxylic acids is 2. The van der Waals surface area contributed by atoms with Crippen molar-refractivity contribution < 1.29 is 9.59 Å². The normalized spacial score (nSPS) is 20.2. The maximum atomic E-state index is 12.2. The van der Waals surface area contributed by atoms with E-state index >= 15 is 0 Å². The van der Waals surface area contributed by atoms with Crippen molar-refractivity contribution in [3.63, 3.8) is 0 Å². The molecule has 1 aliphatic heterocycles. The van der Waals surface area contributed by atoms with Crippen LogP contribution in [0.15, 0.2) is 24.3 Å². The zero-order valence-electron chi connectivity index (χ0n) is 10.4. The molecule has 1 heterocycles. The number of anilines is 1. The minimum atomic E-state index is -0.410. The summed E-state index contributed by atoms with van der Waals surface area (Å²) < 4.78 is 0. The molecule has 0 saturated carbocycles. The molecule has 0 spiro atoms. The van der Waals surface area contributed by atoms with Gasteiger partial charge in [-0.3, -0.25) is 9.59 Å². The van der Waals surface area contributed by atoms with Crippen LogP contribution in [0.25, 0.3) is 0 Å². The van der Waals surface area contributed by atoms with Gasteiger partial charge in [0.2, 0.25) is 11.8 Å². The maximum absolute atomic E-state index is 12.2. The molecule has 5 heteroatoms. The van der Waals surface area contributed by atoms with Gasteiger partial charge in [0.25, 0.3) is 0 Å². The zero-order valence-corrected chi connectivity index (χ0v) is 11.1. The number of hydrogen-bond donors (Lipinski definition) is 0. The number of hydrogen-bond acceptors (Lipinski definition) is 2. The number of rotatable bonds is 1. The molecule has 0 bridgehead atoms. The highest BCUT2D eigenvalue weighted by Gasteiger charge is 2.33. The minimum Gasteiger partial charge on any atom is -0.329 e. The summed E-state index contributed by atoms with van der Waals surface area (Å²) in [7, 11) is 0. The fraction of sp³-hybridized carbons (Fsp3) is 0.385. The fourth-order valence-corrected chi connectivity index (χ4v) is 2.30. The van der Waals surface area contributed by atoms with Gasteiger partial charge in [-0.2, -0.15) is 0 Å². The first-order valence-electron chi connectivity index (χ1n) is 5.85. The topological polar surface area (TPSA) is 40.6 Å². The van der Waals surface area contributed by atoms with Crippen LogP contribution < -0.4 is 4.90 Å². The van der Waals surface area contributed by atoms with Gasteiger partial charge in [0.15, 0.2) is 0 Å². The molecule has 1 aliphatic rings. The summed E-state index contributed by atoms with van der Waals surface area (Å²) in [6.07, 6.45) is 0. The third-order valence-corrected chi connectivity index (χ3v) is 3.45. The predicted octanol–water partition coefficient (Wildman–Crippen LogP) is 1.92. The summed E-state index contributed by atoms with van der Waals surface area (Å²) in [4.78, 5) is 26.9. The second-order valence-electron chi connectivity index (χ2n) is 4.35. The number of benzene rings is 1. The van der Waals surface area contributed by atoms with Crippen LogP contribution in [-0.4, -0.2) is 35.8 Å². The first-order valence-corrected chi connectivity index (χ1v) is 6.22. The SMILES string of the molecule is CC(=O)N1CCN(c2ccc(Cl)cc2)C(=O)C1C. The average Bonchev–Trinajstić information content (AvgIpc) is 2.33. The van der Waals surface area contributed by atoms with E-state index in [4.69, 9.17) is 11.6 Å². The average molecular weight is 267 g/mol. The van der Waals surface area contributed by atoms with Crippen molar-refractivity contribution in [2.24, 2.45) is 0 Å². The lowest BCUT2D eigenvalue weighted by atomic mass is 10.1. The Balaban J connectivity index is 2.20. The van der Waals surface area contributed by atoms with Gasteiger partial charge >= 0.3 is 0 Å². The Bertz CT molecular complexity index is 472. The van der Waals surface area contributed by atoms with Crippen LogP contribution >= 0.6 is 11.6 Å². The van der Waals surface area contributed by atoms with Crippen molar-refractivity contribution in [3.8, 4) is 0 Å². The lowest BCUT2D eigenvalue weighted by Gasteiger charge is -2.38. The number of carbonyl (C=O) groups is 2. The van der Waals surface area contributed by atoms with Gasteiger partial charge in [-0.15, -0.1) is 0 Å². The number of amides is 2. The van der Waals surface area contributed by atoms with Crippen molar-refractivity contribution in [2.75, 3.05) is 18.0 Å². The lowest BCUT2D eigenvalue weighted by Crippen LogP contribution is -2.57. The fourth-order valence-electron chi connectivity index (χ4n) is 2.18. The number of nitrogens with zero attached hydrogens (tertiary/aromatic N) is 2. The van der Waals surface area contributed by atoms with Crippen LogP contribution in [0.5, 0.6) is 0 Å². The van der Waals surface area contributed by atoms with Crippen LogP contribution in [-0.2, 0) is 9.59 Å². The molecular formula is C13H15ClN2O2. The molecule has 1 aromatic rings. The Labute approximate surface area is 111 Å². The van der Waals surface area contributed by atoms with Gasteiger partial charge in [-0.1, -0.05) is 11.6 Å². The zero-order chi connectivity index (χ0) is 13.3. The molecule has 0 aliphatic carbocycles. The maximum Gasteiger partial charge on any atom is 0.249 e. The number of halogens is 1. The third-order valence-electron chi connectivity index (χ3n) is 3.20. The highest BCUT2D eigenvalue weighted by Crippen LogP contribution is 2.22.